The quantitative estimate of drug-likeness (QED) is 0.313. The van der Waals surface area contributed by atoms with E-state index in [2.05, 4.69) is 43.9 Å². The molecule has 194 valence electrons. The van der Waals surface area contributed by atoms with Crippen LogP contribution in [0.3, 0.4) is 0 Å². The molecule has 0 unspecified atom stereocenters. The monoisotopic (exact) mass is 536 g/mol. The SMILES string of the molecule is CC(C)(C)[Si](C)(C)ON1C(=O)C2(CCCC2)c2ccc(C(=O)Nc3ccc(OC(F)(F)Cl)cc3)cc21. The third-order valence-corrected chi connectivity index (χ3v) is 11.8. The van der Waals surface area contributed by atoms with Crippen LogP contribution in [-0.2, 0) is 14.7 Å². The van der Waals surface area contributed by atoms with Crippen LogP contribution in [0, 0.1) is 0 Å². The molecule has 0 atom stereocenters. The highest BCUT2D eigenvalue weighted by Gasteiger charge is 2.55. The van der Waals surface area contributed by atoms with Crippen LogP contribution in [0.25, 0.3) is 0 Å². The van der Waals surface area contributed by atoms with Crippen molar-refractivity contribution >= 4 is 43.1 Å². The molecule has 0 radical (unpaired) electrons. The average Bonchev–Trinajstić information content (AvgIpc) is 3.34. The zero-order valence-corrected chi connectivity index (χ0v) is 22.8. The predicted molar refractivity (Wildman–Crippen MR) is 138 cm³/mol. The summed E-state index contributed by atoms with van der Waals surface area (Å²) >= 11 is 4.79. The second-order valence-electron chi connectivity index (χ2n) is 11.0. The summed E-state index contributed by atoms with van der Waals surface area (Å²) in [4.78, 5) is 26.8. The van der Waals surface area contributed by atoms with Crippen molar-refractivity contribution in [1.29, 1.82) is 0 Å². The standard InChI is InChI=1S/C26H31ClF2N2O4Si/c1-24(2,3)36(4,5)35-31-21-16-17(8-13-20(21)25(23(31)33)14-6-7-15-25)22(32)30-18-9-11-19(12-10-18)34-26(27,28)29/h8-13,16H,6-7,14-15H2,1-5H3,(H,30,32). The molecule has 2 aromatic carbocycles. The molecule has 0 bridgehead atoms. The maximum absolute atomic E-state index is 13.7. The molecule has 1 saturated carbocycles. The minimum atomic E-state index is -3.82. The van der Waals surface area contributed by atoms with Crippen molar-refractivity contribution in [3.63, 3.8) is 0 Å². The Balaban J connectivity index is 1.62. The fourth-order valence-electron chi connectivity index (χ4n) is 4.53. The molecule has 1 aliphatic carbocycles. The van der Waals surface area contributed by atoms with Gasteiger partial charge in [-0.25, -0.2) is 0 Å². The molecule has 4 rings (SSSR count). The topological polar surface area (TPSA) is 67.9 Å². The lowest BCUT2D eigenvalue weighted by molar-refractivity contribution is -0.127. The lowest BCUT2D eigenvalue weighted by Crippen LogP contribution is -2.50. The molecular formula is C26H31ClF2N2O4Si. The Morgan fingerprint density at radius 2 is 1.69 bits per heavy atom. The second-order valence-corrected chi connectivity index (χ2v) is 16.1. The van der Waals surface area contributed by atoms with E-state index in [0.29, 0.717) is 16.9 Å². The van der Waals surface area contributed by atoms with Gasteiger partial charge in [-0.1, -0.05) is 39.7 Å². The van der Waals surface area contributed by atoms with Crippen LogP contribution in [0.2, 0.25) is 18.1 Å². The van der Waals surface area contributed by atoms with E-state index < -0.39 is 25.2 Å². The molecule has 2 amide bonds. The Hall–Kier alpha value is -2.49. The van der Waals surface area contributed by atoms with Crippen LogP contribution < -0.4 is 15.1 Å². The number of anilines is 2. The van der Waals surface area contributed by atoms with Crippen LogP contribution in [0.5, 0.6) is 5.75 Å². The van der Waals surface area contributed by atoms with Gasteiger partial charge in [0.15, 0.2) is 0 Å². The van der Waals surface area contributed by atoms with Crippen molar-refractivity contribution in [1.82, 2.24) is 0 Å². The largest absolute Gasteiger partial charge is 0.487 e. The highest BCUT2D eigenvalue weighted by Crippen LogP contribution is 2.53. The fourth-order valence-corrected chi connectivity index (χ4v) is 5.53. The zero-order valence-electron chi connectivity index (χ0n) is 21.1. The van der Waals surface area contributed by atoms with Gasteiger partial charge in [0.1, 0.15) is 5.75 Å². The molecule has 1 N–H and O–H groups in total. The molecule has 1 fully saturated rings. The van der Waals surface area contributed by atoms with Crippen molar-refractivity contribution in [2.24, 2.45) is 0 Å². The first kappa shape index (κ1) is 26.6. The van der Waals surface area contributed by atoms with E-state index in [1.807, 2.05) is 6.07 Å². The number of halogens is 3. The Morgan fingerprint density at radius 1 is 1.08 bits per heavy atom. The van der Waals surface area contributed by atoms with E-state index in [1.165, 1.54) is 29.3 Å². The number of alkyl halides is 3. The van der Waals surface area contributed by atoms with Crippen LogP contribution in [0.15, 0.2) is 42.5 Å². The number of nitrogens with zero attached hydrogens (tertiary/aromatic N) is 1. The van der Waals surface area contributed by atoms with Gasteiger partial charge in [0, 0.05) is 22.9 Å². The molecule has 2 aliphatic rings. The molecule has 6 nitrogen and oxygen atoms in total. The van der Waals surface area contributed by atoms with E-state index in [-0.39, 0.29) is 16.7 Å². The van der Waals surface area contributed by atoms with Gasteiger partial charge in [-0.3, -0.25) is 9.59 Å². The number of hydroxylamine groups is 1. The number of nitrogens with one attached hydrogen (secondary N) is 1. The van der Waals surface area contributed by atoms with Gasteiger partial charge < -0.3 is 14.6 Å². The second kappa shape index (κ2) is 9.11. The first-order valence-corrected chi connectivity index (χ1v) is 15.3. The number of hydrogen-bond acceptors (Lipinski definition) is 4. The summed E-state index contributed by atoms with van der Waals surface area (Å²) in [6.07, 6.45) is 3.46. The summed E-state index contributed by atoms with van der Waals surface area (Å²) in [6, 6.07) is 10.7. The van der Waals surface area contributed by atoms with E-state index >= 15 is 0 Å². The maximum atomic E-state index is 13.7. The molecule has 1 aliphatic heterocycles. The maximum Gasteiger partial charge on any atom is 0.487 e. The Labute approximate surface area is 216 Å². The normalized spacial score (nSPS) is 17.4. The summed E-state index contributed by atoms with van der Waals surface area (Å²) in [7, 11) is -2.35. The smallest absolute Gasteiger partial charge is 0.420 e. The number of carbonyl (C=O) groups excluding carboxylic acids is 2. The van der Waals surface area contributed by atoms with Gasteiger partial charge in [-0.15, -0.1) is 8.78 Å². The lowest BCUT2D eigenvalue weighted by Gasteiger charge is -2.38. The molecule has 0 aromatic heterocycles. The number of carbonyl (C=O) groups is 2. The van der Waals surface area contributed by atoms with Gasteiger partial charge in [0.05, 0.1) is 11.1 Å². The van der Waals surface area contributed by atoms with E-state index in [0.717, 1.165) is 31.2 Å². The molecule has 1 spiro atoms. The lowest BCUT2D eigenvalue weighted by atomic mass is 9.80. The summed E-state index contributed by atoms with van der Waals surface area (Å²) in [6.45, 7) is 10.5. The van der Waals surface area contributed by atoms with Crippen molar-refractivity contribution in [3.05, 3.63) is 53.6 Å². The first-order valence-electron chi connectivity index (χ1n) is 12.0. The van der Waals surface area contributed by atoms with Crippen LogP contribution in [-0.4, -0.2) is 25.7 Å². The Bertz CT molecular complexity index is 1170. The number of benzene rings is 2. The highest BCUT2D eigenvalue weighted by molar-refractivity contribution is 6.74. The number of hydrogen-bond donors (Lipinski definition) is 1. The third kappa shape index (κ3) is 5.01. The van der Waals surface area contributed by atoms with E-state index in [1.54, 1.807) is 12.1 Å². The van der Waals surface area contributed by atoms with Gasteiger partial charge >= 0.3 is 5.57 Å². The number of ether oxygens (including phenoxy) is 1. The summed E-state index contributed by atoms with van der Waals surface area (Å²) in [5.41, 5.74) is -2.15. The van der Waals surface area contributed by atoms with Crippen LogP contribution in [0.1, 0.15) is 62.4 Å². The van der Waals surface area contributed by atoms with Gasteiger partial charge in [0.25, 0.3) is 11.8 Å². The molecular weight excluding hydrogens is 506 g/mol. The van der Waals surface area contributed by atoms with Crippen molar-refractivity contribution in [2.75, 3.05) is 10.4 Å². The number of rotatable bonds is 6. The van der Waals surface area contributed by atoms with E-state index in [9.17, 15) is 18.4 Å². The summed E-state index contributed by atoms with van der Waals surface area (Å²) in [5.74, 6) is -0.588. The average molecular weight is 537 g/mol. The molecule has 0 saturated heterocycles. The van der Waals surface area contributed by atoms with Gasteiger partial charge in [-0.05, 0) is 72.9 Å². The first-order chi connectivity index (χ1) is 16.6. The van der Waals surface area contributed by atoms with Gasteiger partial charge in [0.2, 0.25) is 8.32 Å². The Morgan fingerprint density at radius 3 is 2.25 bits per heavy atom. The minimum absolute atomic E-state index is 0.0518. The summed E-state index contributed by atoms with van der Waals surface area (Å²) < 4.78 is 36.4. The van der Waals surface area contributed by atoms with Crippen LogP contribution >= 0.6 is 11.6 Å². The van der Waals surface area contributed by atoms with Crippen molar-refractivity contribution in [2.45, 2.75) is 75.6 Å². The molecule has 1 heterocycles. The predicted octanol–water partition coefficient (Wildman–Crippen LogP) is 7.20. The molecule has 2 aromatic rings. The number of amides is 2. The van der Waals surface area contributed by atoms with Crippen molar-refractivity contribution in [3.8, 4) is 5.75 Å². The molecule has 36 heavy (non-hydrogen) atoms. The zero-order chi connectivity index (χ0) is 26.5. The van der Waals surface area contributed by atoms with Crippen molar-refractivity contribution < 1.29 is 27.6 Å². The fraction of sp³-hybridized carbons (Fsp3) is 0.462. The third-order valence-electron chi connectivity index (χ3n) is 7.52. The van der Waals surface area contributed by atoms with E-state index in [4.69, 9.17) is 16.1 Å². The molecule has 10 heteroatoms. The highest BCUT2D eigenvalue weighted by atomic mass is 35.5. The summed E-state index contributed by atoms with van der Waals surface area (Å²) in [5, 5.41) is 4.09. The van der Waals surface area contributed by atoms with Gasteiger partial charge in [-0.2, -0.15) is 5.06 Å². The Kier molecular flexibility index (Phi) is 6.72. The number of fused-ring (bicyclic) bond motifs is 2. The minimum Gasteiger partial charge on any atom is -0.420 e. The van der Waals surface area contributed by atoms with Crippen LogP contribution in [0.4, 0.5) is 20.2 Å².